The van der Waals surface area contributed by atoms with Crippen molar-refractivity contribution in [2.24, 2.45) is 0 Å². The minimum Gasteiger partial charge on any atom is -1.00 e. The van der Waals surface area contributed by atoms with Gasteiger partial charge in [-0.3, -0.25) is 4.79 Å². The Morgan fingerprint density at radius 1 is 0.762 bits per heavy atom. The van der Waals surface area contributed by atoms with Gasteiger partial charge in [0.1, 0.15) is 6.10 Å². The topological polar surface area (TPSA) is 52.6 Å². The molecule has 2 aromatic carbocycles. The maximum absolute atomic E-state index is 14.4. The first kappa shape index (κ1) is 32.5. The Balaban J connectivity index is 0.00000405. The highest BCUT2D eigenvalue weighted by molar-refractivity contribution is 5.89. The minimum absolute atomic E-state index is 0. The van der Waals surface area contributed by atoms with Crippen LogP contribution in [0, 0.1) is 0 Å². The van der Waals surface area contributed by atoms with Crippen molar-refractivity contribution in [2.45, 2.75) is 127 Å². The van der Waals surface area contributed by atoms with E-state index in [-0.39, 0.29) is 24.5 Å². The highest BCUT2D eigenvalue weighted by Crippen LogP contribution is 2.47. The minimum atomic E-state index is -1.61. The molecule has 3 aliphatic heterocycles. The maximum atomic E-state index is 14.4. The van der Waals surface area contributed by atoms with Gasteiger partial charge in [-0.1, -0.05) is 113 Å². The van der Waals surface area contributed by atoms with E-state index in [1.165, 1.54) is 75.4 Å². The highest BCUT2D eigenvalue weighted by atomic mass is 35.5. The number of piperidine rings is 1. The molecule has 1 spiro atoms. The van der Waals surface area contributed by atoms with Gasteiger partial charge in [-0.05, 0) is 6.42 Å². The van der Waals surface area contributed by atoms with Gasteiger partial charge in [0.15, 0.2) is 0 Å². The lowest BCUT2D eigenvalue weighted by molar-refractivity contribution is -0.956. The fourth-order valence-corrected chi connectivity index (χ4v) is 8.07. The van der Waals surface area contributed by atoms with Crippen molar-refractivity contribution in [1.29, 1.82) is 0 Å². The molecule has 2 bridgehead atoms. The first-order valence-corrected chi connectivity index (χ1v) is 16.5. The van der Waals surface area contributed by atoms with Crippen LogP contribution in [0.5, 0.6) is 0 Å². The molecule has 0 aromatic heterocycles. The van der Waals surface area contributed by atoms with E-state index in [1.54, 1.807) is 0 Å². The number of nitrogens with zero attached hydrogens (tertiary/aromatic N) is 1. The van der Waals surface area contributed by atoms with E-state index < -0.39 is 11.6 Å². The third-order valence-corrected chi connectivity index (χ3v) is 10.2. The molecule has 0 radical (unpaired) electrons. The second kappa shape index (κ2) is 15.4. The second-order valence-corrected chi connectivity index (χ2v) is 12.8. The average Bonchev–Trinajstić information content (AvgIpc) is 3.54. The molecule has 3 saturated heterocycles. The van der Waals surface area contributed by atoms with E-state index in [2.05, 4.69) is 6.92 Å². The summed E-state index contributed by atoms with van der Waals surface area (Å²) in [6.45, 7) is 4.80. The molecule has 6 heteroatoms. The Morgan fingerprint density at radius 2 is 1.26 bits per heavy atom. The molecular weight excluding hydrogens is 546 g/mol. The lowest BCUT2D eigenvalue weighted by atomic mass is 9.85. The monoisotopic (exact) mass is 595 g/mol. The summed E-state index contributed by atoms with van der Waals surface area (Å²) < 4.78 is 14.0. The van der Waals surface area contributed by atoms with Crippen molar-refractivity contribution in [3.05, 3.63) is 71.8 Å². The van der Waals surface area contributed by atoms with Crippen LogP contribution < -0.4 is 12.4 Å². The molecular formula is C36H50ClNO4. The van der Waals surface area contributed by atoms with Crippen LogP contribution in [0.25, 0.3) is 0 Å². The Labute approximate surface area is 259 Å². The molecule has 230 valence electrons. The number of unbranched alkanes of at least 4 members (excludes halogenated alkanes) is 7. The van der Waals surface area contributed by atoms with Crippen molar-refractivity contribution < 1.29 is 36.0 Å². The molecule has 3 fully saturated rings. The van der Waals surface area contributed by atoms with Gasteiger partial charge in [0.2, 0.25) is 0 Å². The van der Waals surface area contributed by atoms with Crippen LogP contribution >= 0.6 is 0 Å². The van der Waals surface area contributed by atoms with Gasteiger partial charge < -0.3 is 26.4 Å². The Bertz CT molecular complexity index is 1060. The standard InChI is InChI=1S/C36H50NO4.ClH/c1-2-3-4-5-6-7-8-15-22-34(38)41-36(29-18-11-9-12-19-29,30-20-13-10-14-21-30)35(39)40-33-27-31-23-24-32(28-33)37(31)25-16-17-26-37;/h9-14,18-21,31-33H,2-8,15-17,22-28H2,1H3;1H/q+1;/p-1. The van der Waals surface area contributed by atoms with Crippen LogP contribution in [0.1, 0.15) is 114 Å². The Morgan fingerprint density at radius 3 is 1.79 bits per heavy atom. The zero-order valence-electron chi connectivity index (χ0n) is 25.5. The molecule has 2 unspecified atom stereocenters. The zero-order valence-corrected chi connectivity index (χ0v) is 26.2. The molecule has 0 N–H and O–H groups in total. The van der Waals surface area contributed by atoms with Crippen molar-refractivity contribution in [1.82, 2.24) is 0 Å². The highest BCUT2D eigenvalue weighted by Gasteiger charge is 2.57. The van der Waals surface area contributed by atoms with E-state index in [1.807, 2.05) is 60.7 Å². The Kier molecular flexibility index (Phi) is 11.9. The summed E-state index contributed by atoms with van der Waals surface area (Å²) in [4.78, 5) is 27.8. The van der Waals surface area contributed by atoms with E-state index in [4.69, 9.17) is 9.47 Å². The number of quaternary nitrogens is 1. The number of carbonyl (C=O) groups excluding carboxylic acids is 2. The van der Waals surface area contributed by atoms with E-state index in [0.29, 0.717) is 29.6 Å². The van der Waals surface area contributed by atoms with Gasteiger partial charge in [-0.25, -0.2) is 4.79 Å². The third-order valence-electron chi connectivity index (χ3n) is 10.2. The van der Waals surface area contributed by atoms with Gasteiger partial charge in [-0.2, -0.15) is 0 Å². The first-order chi connectivity index (χ1) is 20.1. The lowest BCUT2D eigenvalue weighted by Gasteiger charge is -2.47. The summed E-state index contributed by atoms with van der Waals surface area (Å²) in [7, 11) is 0. The number of benzene rings is 2. The number of rotatable bonds is 14. The molecule has 0 aliphatic carbocycles. The van der Waals surface area contributed by atoms with Crippen molar-refractivity contribution >= 4 is 11.9 Å². The molecule has 3 aliphatic rings. The van der Waals surface area contributed by atoms with Crippen LogP contribution in [0.15, 0.2) is 60.7 Å². The molecule has 42 heavy (non-hydrogen) atoms. The van der Waals surface area contributed by atoms with Gasteiger partial charge in [0.05, 0.1) is 25.2 Å². The molecule has 2 atom stereocenters. The quantitative estimate of drug-likeness (QED) is 0.178. The van der Waals surface area contributed by atoms with Gasteiger partial charge in [-0.15, -0.1) is 0 Å². The third kappa shape index (κ3) is 7.05. The summed E-state index contributed by atoms with van der Waals surface area (Å²) in [5.74, 6) is -0.802. The predicted octanol–water partition coefficient (Wildman–Crippen LogP) is 4.86. The summed E-state index contributed by atoms with van der Waals surface area (Å²) in [5.41, 5.74) is -0.333. The number of hydrogen-bond donors (Lipinski definition) is 0. The van der Waals surface area contributed by atoms with E-state index >= 15 is 0 Å². The molecule has 5 nitrogen and oxygen atoms in total. The Hall–Kier alpha value is -2.37. The SMILES string of the molecule is CCCCCCCCCCC(=O)OC(C(=O)OC1CC2CCC(C1)[N+]21CCCC1)(c1ccccc1)c1ccccc1.[Cl-]. The fourth-order valence-electron chi connectivity index (χ4n) is 8.07. The summed E-state index contributed by atoms with van der Waals surface area (Å²) in [5, 5.41) is 0. The number of ether oxygens (including phenoxy) is 2. The number of carbonyl (C=O) groups is 2. The molecule has 2 aromatic rings. The van der Waals surface area contributed by atoms with Crippen molar-refractivity contribution in [2.75, 3.05) is 13.1 Å². The fraction of sp³-hybridized carbons (Fsp3) is 0.611. The zero-order chi connectivity index (χ0) is 28.5. The van der Waals surface area contributed by atoms with Gasteiger partial charge in [0.25, 0.3) is 5.60 Å². The smallest absolute Gasteiger partial charge is 0.360 e. The number of halogens is 1. The van der Waals surface area contributed by atoms with Gasteiger partial charge >= 0.3 is 11.9 Å². The number of esters is 2. The number of hydrogen-bond acceptors (Lipinski definition) is 4. The molecule has 0 amide bonds. The first-order valence-electron chi connectivity index (χ1n) is 16.5. The summed E-state index contributed by atoms with van der Waals surface area (Å²) >= 11 is 0. The maximum Gasteiger partial charge on any atom is 0.360 e. The van der Waals surface area contributed by atoms with Crippen LogP contribution in [0.2, 0.25) is 0 Å². The second-order valence-electron chi connectivity index (χ2n) is 12.8. The van der Waals surface area contributed by atoms with Crippen molar-refractivity contribution in [3.8, 4) is 0 Å². The average molecular weight is 596 g/mol. The van der Waals surface area contributed by atoms with Gasteiger partial charge in [0, 0.05) is 56.1 Å². The van der Waals surface area contributed by atoms with E-state index in [0.717, 1.165) is 32.1 Å². The molecule has 3 heterocycles. The largest absolute Gasteiger partial charge is 1.00 e. The van der Waals surface area contributed by atoms with E-state index in [9.17, 15) is 9.59 Å². The van der Waals surface area contributed by atoms with Crippen LogP contribution in [0.3, 0.4) is 0 Å². The van der Waals surface area contributed by atoms with Crippen LogP contribution in [-0.2, 0) is 24.7 Å². The summed E-state index contributed by atoms with van der Waals surface area (Å²) in [6, 6.07) is 20.1. The van der Waals surface area contributed by atoms with Crippen LogP contribution in [-0.4, -0.2) is 47.7 Å². The lowest BCUT2D eigenvalue weighted by Crippen LogP contribution is -3.00. The van der Waals surface area contributed by atoms with Crippen LogP contribution in [0.4, 0.5) is 0 Å². The normalized spacial score (nSPS) is 22.5. The predicted molar refractivity (Wildman–Crippen MR) is 162 cm³/mol. The summed E-state index contributed by atoms with van der Waals surface area (Å²) in [6.07, 6.45) is 16.3. The molecule has 0 saturated carbocycles. The molecule has 5 rings (SSSR count). The van der Waals surface area contributed by atoms with Crippen molar-refractivity contribution in [3.63, 3.8) is 0 Å².